The minimum atomic E-state index is -3.45. The minimum Gasteiger partial charge on any atom is -0.318 e. The Morgan fingerprint density at radius 2 is 2.00 bits per heavy atom. The molecular formula is C17H24N4O3S. The smallest absolute Gasteiger partial charge is 0.253 e. The summed E-state index contributed by atoms with van der Waals surface area (Å²) in [5.74, 6) is -0.00834. The van der Waals surface area contributed by atoms with Gasteiger partial charge in [-0.2, -0.15) is 0 Å². The van der Waals surface area contributed by atoms with Gasteiger partial charge in [-0.25, -0.2) is 18.4 Å². The Kier molecular flexibility index (Phi) is 5.94. The van der Waals surface area contributed by atoms with Crippen molar-refractivity contribution in [3.05, 3.63) is 39.9 Å². The van der Waals surface area contributed by atoms with Gasteiger partial charge in [-0.3, -0.25) is 9.52 Å². The standard InChI is InChI=1S/C17H24N4O3S/c1-5-7-8-13-10-18-17(20-25(23,24)6-2)19-15(13)14-9-12(3)16(22)21(4)11-14/h9-11H,5-8H2,1-4H3,(H,18,19,20). The van der Waals surface area contributed by atoms with Gasteiger partial charge in [0.1, 0.15) is 0 Å². The molecule has 0 radical (unpaired) electrons. The first-order valence-corrected chi connectivity index (χ1v) is 9.96. The monoisotopic (exact) mass is 364 g/mol. The Balaban J connectivity index is 2.57. The zero-order valence-corrected chi connectivity index (χ0v) is 15.9. The van der Waals surface area contributed by atoms with Crippen molar-refractivity contribution in [2.45, 2.75) is 40.0 Å². The average Bonchev–Trinajstić information content (AvgIpc) is 2.57. The van der Waals surface area contributed by atoms with Crippen LogP contribution in [0.2, 0.25) is 0 Å². The summed E-state index contributed by atoms with van der Waals surface area (Å²) < 4.78 is 27.5. The van der Waals surface area contributed by atoms with Gasteiger partial charge in [0.05, 0.1) is 11.4 Å². The van der Waals surface area contributed by atoms with Crippen LogP contribution in [0.1, 0.15) is 37.8 Å². The van der Waals surface area contributed by atoms with Gasteiger partial charge in [0.25, 0.3) is 5.56 Å². The number of nitrogens with zero attached hydrogens (tertiary/aromatic N) is 3. The summed E-state index contributed by atoms with van der Waals surface area (Å²) >= 11 is 0. The van der Waals surface area contributed by atoms with Gasteiger partial charge in [-0.05, 0) is 38.3 Å². The molecule has 1 N–H and O–H groups in total. The molecule has 0 atom stereocenters. The molecule has 0 aliphatic rings. The highest BCUT2D eigenvalue weighted by Gasteiger charge is 2.15. The Bertz CT molecular complexity index is 894. The number of rotatable bonds is 7. The van der Waals surface area contributed by atoms with Crippen molar-refractivity contribution in [1.82, 2.24) is 14.5 Å². The summed E-state index contributed by atoms with van der Waals surface area (Å²) in [4.78, 5) is 20.5. The molecule has 2 rings (SSSR count). The van der Waals surface area contributed by atoms with Crippen molar-refractivity contribution in [3.63, 3.8) is 0 Å². The van der Waals surface area contributed by atoms with Crippen LogP contribution in [0.5, 0.6) is 0 Å². The molecule has 0 fully saturated rings. The molecule has 2 heterocycles. The molecule has 0 spiro atoms. The second-order valence-electron chi connectivity index (χ2n) is 6.00. The molecule has 0 bridgehead atoms. The van der Waals surface area contributed by atoms with E-state index in [1.165, 1.54) is 4.57 Å². The quantitative estimate of drug-likeness (QED) is 0.813. The second-order valence-corrected chi connectivity index (χ2v) is 8.02. The molecule has 0 aliphatic heterocycles. The highest BCUT2D eigenvalue weighted by Crippen LogP contribution is 2.24. The second kappa shape index (κ2) is 7.77. The van der Waals surface area contributed by atoms with Crippen LogP contribution in [-0.4, -0.2) is 28.7 Å². The Labute approximate surface area is 148 Å². The van der Waals surface area contributed by atoms with Crippen LogP contribution in [0.25, 0.3) is 11.3 Å². The first-order chi connectivity index (χ1) is 11.8. The third-order valence-electron chi connectivity index (χ3n) is 3.93. The summed E-state index contributed by atoms with van der Waals surface area (Å²) in [6.07, 6.45) is 6.16. The van der Waals surface area contributed by atoms with E-state index in [1.54, 1.807) is 39.4 Å². The number of anilines is 1. The molecule has 0 aliphatic carbocycles. The minimum absolute atomic E-state index is 0.0450. The lowest BCUT2D eigenvalue weighted by atomic mass is 10.0. The van der Waals surface area contributed by atoms with Gasteiger partial charge >= 0.3 is 0 Å². The lowest BCUT2D eigenvalue weighted by Gasteiger charge is -2.12. The number of nitrogens with one attached hydrogen (secondary N) is 1. The fourth-order valence-electron chi connectivity index (χ4n) is 2.47. The van der Waals surface area contributed by atoms with E-state index < -0.39 is 10.0 Å². The third kappa shape index (κ3) is 4.66. The van der Waals surface area contributed by atoms with Crippen LogP contribution in [0.3, 0.4) is 0 Å². The molecule has 25 heavy (non-hydrogen) atoms. The molecule has 8 heteroatoms. The van der Waals surface area contributed by atoms with Crippen LogP contribution in [0.15, 0.2) is 23.3 Å². The maximum absolute atomic E-state index is 11.9. The van der Waals surface area contributed by atoms with E-state index in [-0.39, 0.29) is 17.3 Å². The molecule has 0 saturated heterocycles. The normalized spacial score (nSPS) is 11.5. The molecule has 0 amide bonds. The Hall–Kier alpha value is -2.22. The fourth-order valence-corrected chi connectivity index (χ4v) is 3.00. The number of aryl methyl sites for hydroxylation is 3. The summed E-state index contributed by atoms with van der Waals surface area (Å²) in [6.45, 7) is 5.40. The van der Waals surface area contributed by atoms with E-state index in [0.717, 1.165) is 30.4 Å². The van der Waals surface area contributed by atoms with Crippen molar-refractivity contribution >= 4 is 16.0 Å². The SMILES string of the molecule is CCCCc1cnc(NS(=O)(=O)CC)nc1-c1cc(C)c(=O)n(C)c1. The molecule has 0 saturated carbocycles. The van der Waals surface area contributed by atoms with E-state index in [1.807, 2.05) is 0 Å². The van der Waals surface area contributed by atoms with Crippen LogP contribution in [-0.2, 0) is 23.5 Å². The van der Waals surface area contributed by atoms with Gasteiger partial charge in [-0.15, -0.1) is 0 Å². The number of sulfonamides is 1. The van der Waals surface area contributed by atoms with Crippen molar-refractivity contribution < 1.29 is 8.42 Å². The highest BCUT2D eigenvalue weighted by atomic mass is 32.2. The van der Waals surface area contributed by atoms with Crippen LogP contribution < -0.4 is 10.3 Å². The molecule has 0 unspecified atom stereocenters. The first-order valence-electron chi connectivity index (χ1n) is 8.31. The first kappa shape index (κ1) is 19.1. The number of pyridine rings is 1. The summed E-state index contributed by atoms with van der Waals surface area (Å²) in [5.41, 5.74) is 2.89. The van der Waals surface area contributed by atoms with Gasteiger partial charge in [0.15, 0.2) is 0 Å². The summed E-state index contributed by atoms with van der Waals surface area (Å²) in [5, 5.41) is 0. The van der Waals surface area contributed by atoms with Gasteiger partial charge in [0, 0.05) is 30.6 Å². The predicted molar refractivity (Wildman–Crippen MR) is 99.1 cm³/mol. The molecule has 7 nitrogen and oxygen atoms in total. The van der Waals surface area contributed by atoms with Crippen molar-refractivity contribution in [2.75, 3.05) is 10.5 Å². The summed E-state index contributed by atoms with van der Waals surface area (Å²) in [7, 11) is -1.77. The van der Waals surface area contributed by atoms with Crippen molar-refractivity contribution in [3.8, 4) is 11.3 Å². The topological polar surface area (TPSA) is 94.0 Å². The number of hydrogen-bond acceptors (Lipinski definition) is 5. The zero-order valence-electron chi connectivity index (χ0n) is 15.0. The molecule has 136 valence electrons. The highest BCUT2D eigenvalue weighted by molar-refractivity contribution is 7.92. The van der Waals surface area contributed by atoms with E-state index >= 15 is 0 Å². The average molecular weight is 364 g/mol. The molecular weight excluding hydrogens is 340 g/mol. The largest absolute Gasteiger partial charge is 0.318 e. The molecule has 0 aromatic carbocycles. The maximum atomic E-state index is 11.9. The van der Waals surface area contributed by atoms with Crippen molar-refractivity contribution in [2.24, 2.45) is 7.05 Å². The lowest BCUT2D eigenvalue weighted by Crippen LogP contribution is -2.19. The van der Waals surface area contributed by atoms with Gasteiger partial charge in [-0.1, -0.05) is 13.3 Å². The van der Waals surface area contributed by atoms with Crippen LogP contribution in [0.4, 0.5) is 5.95 Å². The van der Waals surface area contributed by atoms with Gasteiger partial charge in [0.2, 0.25) is 16.0 Å². The van der Waals surface area contributed by atoms with Crippen LogP contribution >= 0.6 is 0 Å². The number of aromatic nitrogens is 3. The molecule has 2 aromatic heterocycles. The molecule has 2 aromatic rings. The lowest BCUT2D eigenvalue weighted by molar-refractivity contribution is 0.602. The van der Waals surface area contributed by atoms with Crippen LogP contribution in [0, 0.1) is 6.92 Å². The van der Waals surface area contributed by atoms with E-state index in [0.29, 0.717) is 11.3 Å². The third-order valence-corrected chi connectivity index (χ3v) is 5.18. The van der Waals surface area contributed by atoms with E-state index in [2.05, 4.69) is 21.6 Å². The number of hydrogen-bond donors (Lipinski definition) is 1. The number of unbranched alkanes of at least 4 members (excludes halogenated alkanes) is 1. The zero-order chi connectivity index (χ0) is 18.6. The Morgan fingerprint density at radius 3 is 2.60 bits per heavy atom. The summed E-state index contributed by atoms with van der Waals surface area (Å²) in [6, 6.07) is 1.78. The predicted octanol–water partition coefficient (Wildman–Crippen LogP) is 2.25. The van der Waals surface area contributed by atoms with Crippen molar-refractivity contribution in [1.29, 1.82) is 0 Å². The van der Waals surface area contributed by atoms with Gasteiger partial charge < -0.3 is 4.57 Å². The van der Waals surface area contributed by atoms with E-state index in [9.17, 15) is 13.2 Å². The maximum Gasteiger partial charge on any atom is 0.253 e. The Morgan fingerprint density at radius 1 is 1.28 bits per heavy atom. The van der Waals surface area contributed by atoms with E-state index in [4.69, 9.17) is 0 Å². The fraction of sp³-hybridized carbons (Fsp3) is 0.471.